The number of alkyl halides is 3. The number of carbonyl (C=O) groups excluding carboxylic acids is 2. The summed E-state index contributed by atoms with van der Waals surface area (Å²) in [6.07, 6.45) is 16.9. The molecule has 614 valence electrons. The van der Waals surface area contributed by atoms with Gasteiger partial charge < -0.3 is 81.7 Å². The van der Waals surface area contributed by atoms with Crippen LogP contribution in [0.1, 0.15) is 137 Å². The zero-order valence-electron chi connectivity index (χ0n) is 63.8. The number of ketones is 1. The van der Waals surface area contributed by atoms with Crippen LogP contribution in [-0.2, 0) is 73.8 Å². The first-order chi connectivity index (χ1) is 54.0. The van der Waals surface area contributed by atoms with Gasteiger partial charge in [-0.25, -0.2) is 39.9 Å². The SMILES string of the molecule is C1CC2(CCN1)OCCO2.CCCc1cc(N2CCC(=O)CC2)nc2sc3c(N)ncnc3c12.CCCc1cc(N2CCC3(CC2)OCCO3)nc2sc(C#N)c(N)c12.CCCc1cc(N2CCC3(CC2)OCCO3)nc2sc3c(N)ncnc3c12.CCCc1cc(OS(=O)(=O)C(F)(F)F)nc(SCC#N)c1C#N.Cl.N.NC=O. The number of nitrogens with two attached hydrogens (primary N) is 4. The fourth-order valence-electron chi connectivity index (χ4n) is 14.3. The lowest BCUT2D eigenvalue weighted by Crippen LogP contribution is -2.45. The van der Waals surface area contributed by atoms with Gasteiger partial charge in [0.05, 0.1) is 83.1 Å². The number of nitrogens with one attached hydrogen (secondary N) is 1. The van der Waals surface area contributed by atoms with Crippen LogP contribution < -0.4 is 53.3 Å². The molecule has 16 rings (SSSR count). The molecule has 7 aliphatic rings. The summed E-state index contributed by atoms with van der Waals surface area (Å²) in [5.74, 6) is 2.49. The maximum absolute atomic E-state index is 12.4. The Labute approximate surface area is 680 Å². The minimum absolute atomic E-state index is 0. The molecule has 7 aliphatic heterocycles. The molecule has 3 spiro atoms. The number of primary amides is 1. The Hall–Kier alpha value is -8.57. The predicted molar refractivity (Wildman–Crippen MR) is 438 cm³/mol. The molecule has 0 radical (unpaired) electrons. The van der Waals surface area contributed by atoms with Crippen LogP contribution in [-0.4, -0.2) is 181 Å². The van der Waals surface area contributed by atoms with E-state index in [9.17, 15) is 31.6 Å². The number of Topliss-reactive ketones (excluding diaryl/α,β-unsaturated/α-hetero) is 1. The van der Waals surface area contributed by atoms with Crippen molar-refractivity contribution in [2.24, 2.45) is 5.73 Å². The summed E-state index contributed by atoms with van der Waals surface area (Å²) in [4.78, 5) is 65.7. The fraction of sp³-hybridized carbons (Fsp3) is 0.527. The van der Waals surface area contributed by atoms with E-state index in [0.29, 0.717) is 85.7 Å². The molecule has 0 bridgehead atoms. The number of thiophene rings is 3. The van der Waals surface area contributed by atoms with Gasteiger partial charge in [0.1, 0.15) is 84.1 Å². The lowest BCUT2D eigenvalue weighted by molar-refractivity contribution is -0.172. The fourth-order valence-corrected chi connectivity index (χ4v) is 18.4. The third kappa shape index (κ3) is 20.8. The highest BCUT2D eigenvalue weighted by molar-refractivity contribution is 7.99. The molecule has 12 N–H and O–H groups in total. The number of nitriles is 3. The summed E-state index contributed by atoms with van der Waals surface area (Å²) < 4.78 is 99.5. The Balaban J connectivity index is 0.000000164. The number of ether oxygens (including phenoxy) is 6. The van der Waals surface area contributed by atoms with E-state index >= 15 is 0 Å². The van der Waals surface area contributed by atoms with Gasteiger partial charge >= 0.3 is 15.6 Å². The van der Waals surface area contributed by atoms with Gasteiger partial charge in [-0.15, -0.1) is 46.4 Å². The first-order valence-corrected chi connectivity index (χ1v) is 42.0. The van der Waals surface area contributed by atoms with Crippen molar-refractivity contribution >= 4 is 166 Å². The number of nitrogen functional groups attached to an aromatic ring is 3. The zero-order chi connectivity index (χ0) is 79.8. The highest BCUT2D eigenvalue weighted by Crippen LogP contribution is 2.44. The second kappa shape index (κ2) is 40.3. The molecular formula is C74H94ClF3N20O11S5. The van der Waals surface area contributed by atoms with Crippen LogP contribution in [0.15, 0.2) is 41.9 Å². The average molecular weight is 1690 g/mol. The number of anilines is 6. The van der Waals surface area contributed by atoms with E-state index in [1.54, 1.807) is 42.0 Å². The molecule has 7 saturated heterocycles. The quantitative estimate of drug-likeness (QED) is 0.0240. The summed E-state index contributed by atoms with van der Waals surface area (Å²) in [5, 5.41) is 33.4. The van der Waals surface area contributed by atoms with Gasteiger partial charge in [-0.1, -0.05) is 65.1 Å². The number of thioether (sulfide) groups is 1. The Morgan fingerprint density at radius 1 is 0.596 bits per heavy atom. The topological polar surface area (TPSA) is 468 Å². The molecule has 40 heteroatoms. The number of piperidine rings is 4. The molecule has 16 heterocycles. The minimum Gasteiger partial charge on any atom is -0.396 e. The molecular weight excluding hydrogens is 1600 g/mol. The highest BCUT2D eigenvalue weighted by atomic mass is 35.5. The number of aromatic nitrogens is 8. The molecule has 7 fully saturated rings. The molecule has 0 aromatic carbocycles. The lowest BCUT2D eigenvalue weighted by atomic mass is 10.0. The number of amides is 1. The van der Waals surface area contributed by atoms with Gasteiger partial charge in [0.2, 0.25) is 12.3 Å². The molecule has 1 amide bonds. The van der Waals surface area contributed by atoms with Gasteiger partial charge in [-0.2, -0.15) is 37.4 Å². The number of pyridine rings is 4. The van der Waals surface area contributed by atoms with Crippen LogP contribution >= 0.6 is 58.2 Å². The van der Waals surface area contributed by atoms with E-state index in [1.165, 1.54) is 34.4 Å². The van der Waals surface area contributed by atoms with Crippen LogP contribution in [0.25, 0.3) is 51.1 Å². The Morgan fingerprint density at radius 2 is 0.991 bits per heavy atom. The second-order valence-corrected chi connectivity index (χ2v) is 32.5. The number of aryl methyl sites for hydroxylation is 4. The van der Waals surface area contributed by atoms with Gasteiger partial charge in [0.25, 0.3) is 0 Å². The summed E-state index contributed by atoms with van der Waals surface area (Å²) >= 11 is 5.34. The lowest BCUT2D eigenvalue weighted by Gasteiger charge is -2.38. The van der Waals surface area contributed by atoms with E-state index in [-0.39, 0.29) is 58.7 Å². The standard InChI is InChI=1S/C19H23N5O2S.C18H22N4O2S.C17H19N5OS.C12H10F3N3O3S2.C7H13NO2.CH3NO.ClH.H3N/c1-2-3-12-10-13(24-6-4-19(5-7-24)25-8-9-26-19)23-18-14(12)15-16(27-18)17(20)22-11-21-15;1-2-3-12-10-14(21-17-15(12)16(20)13(11-19)25-17)22-6-4-18(5-7-22)23-8-9-24-18;1-2-3-10-8-12(22-6-4-11(23)5-7-22)21-17-13(10)14-15(24-17)16(18)20-9-19-14;1-2-3-8-6-10(21-23(19,20)12(13,14)15)18-11(9(8)7-17)22-5-4-16;1-3-8-4-2-7(1)9-5-6-10-7;2-1-3;;/h10-11H,2-9H2,1H3,(H2,20,21,22);10H,2-9,20H2,1H3;8-9H,2-7H2,1H3,(H2,18,19,20);6H,2-3,5H2,1H3;8H,1-6H2;1H,(H2,2,3);1H;1H3. The Kier molecular flexibility index (Phi) is 31.6. The maximum atomic E-state index is 12.4. The average Bonchev–Trinajstić information content (AvgIpc) is 1.61. The normalized spacial score (nSPS) is 17.4. The Bertz CT molecular complexity index is 5050. The van der Waals surface area contributed by atoms with Crippen molar-refractivity contribution in [3.05, 3.63) is 69.6 Å². The number of carbonyl (C=O) groups is 2. The van der Waals surface area contributed by atoms with Crippen molar-refractivity contribution in [1.82, 2.24) is 51.3 Å². The van der Waals surface area contributed by atoms with Gasteiger partial charge in [-0.3, -0.25) is 9.59 Å². The van der Waals surface area contributed by atoms with Crippen molar-refractivity contribution in [2.75, 3.05) is 130 Å². The summed E-state index contributed by atoms with van der Waals surface area (Å²) in [6, 6.07) is 13.4. The molecule has 0 unspecified atom stereocenters. The van der Waals surface area contributed by atoms with Crippen molar-refractivity contribution < 1.29 is 63.8 Å². The highest BCUT2D eigenvalue weighted by Gasteiger charge is 2.49. The zero-order valence-corrected chi connectivity index (χ0v) is 68.7. The molecule has 0 saturated carbocycles. The van der Waals surface area contributed by atoms with Gasteiger partial charge in [-0.05, 0) is 66.1 Å². The van der Waals surface area contributed by atoms with E-state index in [0.717, 1.165) is 229 Å². The third-order valence-corrected chi connectivity index (χ3v) is 24.6. The number of hydrogen-bond donors (Lipinski definition) is 6. The monoisotopic (exact) mass is 1690 g/mol. The number of halogens is 4. The van der Waals surface area contributed by atoms with E-state index in [4.69, 9.17) is 75.9 Å². The summed E-state index contributed by atoms with van der Waals surface area (Å²) in [7, 11) is -5.86. The number of fused-ring (bicyclic) bond motifs is 7. The largest absolute Gasteiger partial charge is 0.534 e. The first kappa shape index (κ1) is 89.4. The van der Waals surface area contributed by atoms with Crippen LogP contribution in [0.5, 0.6) is 5.88 Å². The van der Waals surface area contributed by atoms with Crippen molar-refractivity contribution in [3.8, 4) is 24.1 Å². The van der Waals surface area contributed by atoms with E-state index < -0.39 is 21.5 Å². The van der Waals surface area contributed by atoms with Crippen molar-refractivity contribution in [1.29, 1.82) is 15.8 Å². The molecule has 9 aromatic heterocycles. The summed E-state index contributed by atoms with van der Waals surface area (Å²) in [5.41, 5.74) is 23.4. The van der Waals surface area contributed by atoms with Crippen LogP contribution in [0.2, 0.25) is 0 Å². The number of hydrogen-bond acceptors (Lipinski definition) is 34. The van der Waals surface area contributed by atoms with Gasteiger partial charge in [0, 0.05) is 126 Å². The molecule has 9 aromatic rings. The molecule has 114 heavy (non-hydrogen) atoms. The third-order valence-electron chi connectivity index (χ3n) is 19.6. The smallest absolute Gasteiger partial charge is 0.396 e. The Morgan fingerprint density at radius 3 is 1.39 bits per heavy atom. The predicted octanol–water partition coefficient (Wildman–Crippen LogP) is 11.7. The minimum atomic E-state index is -5.86. The second-order valence-electron chi connectivity index (χ2n) is 27.0. The molecule has 31 nitrogen and oxygen atoms in total. The van der Waals surface area contributed by atoms with E-state index in [2.05, 4.69) is 99.9 Å². The molecule has 0 atom stereocenters. The van der Waals surface area contributed by atoms with Crippen LogP contribution in [0.3, 0.4) is 0 Å². The van der Waals surface area contributed by atoms with Crippen molar-refractivity contribution in [3.63, 3.8) is 0 Å². The van der Waals surface area contributed by atoms with Crippen molar-refractivity contribution in [2.45, 2.75) is 158 Å². The molecule has 0 aliphatic carbocycles. The van der Waals surface area contributed by atoms with Crippen LogP contribution in [0, 0.1) is 34.0 Å². The number of nitrogens with zero attached hydrogens (tertiary/aromatic N) is 14. The first-order valence-electron chi connectivity index (χ1n) is 37.2. The van der Waals surface area contributed by atoms with Crippen LogP contribution in [0.4, 0.5) is 47.9 Å². The maximum Gasteiger partial charge on any atom is 0.534 e. The van der Waals surface area contributed by atoms with Gasteiger partial charge in [0.15, 0.2) is 17.4 Å². The number of rotatable bonds is 15. The summed E-state index contributed by atoms with van der Waals surface area (Å²) in [6.45, 7) is 19.7. The van der Waals surface area contributed by atoms with E-state index in [1.807, 2.05) is 6.07 Å².